The van der Waals surface area contributed by atoms with Crippen molar-refractivity contribution in [3.63, 3.8) is 0 Å². The van der Waals surface area contributed by atoms with Gasteiger partial charge in [-0.2, -0.15) is 0 Å². The molecule has 3 heteroatoms. The highest BCUT2D eigenvalue weighted by atomic mass is 79.9. The van der Waals surface area contributed by atoms with Gasteiger partial charge in [0.2, 0.25) is 0 Å². The van der Waals surface area contributed by atoms with Gasteiger partial charge in [-0.3, -0.25) is 0 Å². The summed E-state index contributed by atoms with van der Waals surface area (Å²) < 4.78 is 11.8. The smallest absolute Gasteiger partial charge is 0.122 e. The van der Waals surface area contributed by atoms with Gasteiger partial charge in [-0.15, -0.1) is 0 Å². The molecular weight excluding hydrogens is 364 g/mol. The molecule has 2 aromatic rings. The zero-order valence-corrected chi connectivity index (χ0v) is 16.7. The summed E-state index contributed by atoms with van der Waals surface area (Å²) in [4.78, 5) is 0. The molecule has 1 unspecified atom stereocenters. The topological polar surface area (TPSA) is 18.5 Å². The van der Waals surface area contributed by atoms with E-state index in [0.29, 0.717) is 12.5 Å². The number of fused-ring (bicyclic) bond motifs is 1. The molecule has 0 aliphatic carbocycles. The third-order valence-electron chi connectivity index (χ3n) is 4.57. The largest absolute Gasteiger partial charge is 0.493 e. The van der Waals surface area contributed by atoms with Gasteiger partial charge >= 0.3 is 0 Å². The molecule has 0 fully saturated rings. The van der Waals surface area contributed by atoms with E-state index >= 15 is 0 Å². The van der Waals surface area contributed by atoms with Crippen molar-refractivity contribution in [3.8, 4) is 11.5 Å². The van der Waals surface area contributed by atoms with Crippen LogP contribution in [0.4, 0.5) is 0 Å². The second-order valence-electron chi connectivity index (χ2n) is 6.34. The molecule has 1 atom stereocenters. The van der Waals surface area contributed by atoms with Crippen molar-refractivity contribution >= 4 is 26.7 Å². The van der Waals surface area contributed by atoms with Crippen molar-refractivity contribution in [1.29, 1.82) is 0 Å². The average Bonchev–Trinajstić information content (AvgIpc) is 2.61. The summed E-state index contributed by atoms with van der Waals surface area (Å²) in [5.41, 5.74) is 1.19. The van der Waals surface area contributed by atoms with Gasteiger partial charge in [-0.1, -0.05) is 61.2 Å². The highest BCUT2D eigenvalue weighted by molar-refractivity contribution is 9.09. The first-order valence-corrected chi connectivity index (χ1v) is 10.2. The minimum absolute atomic E-state index is 0.655. The molecule has 0 saturated carbocycles. The molecule has 0 radical (unpaired) electrons. The number of unbranched alkanes of at least 4 members (excludes halogenated alkanes) is 1. The van der Waals surface area contributed by atoms with E-state index in [9.17, 15) is 0 Å². The van der Waals surface area contributed by atoms with Crippen LogP contribution in [0, 0.1) is 12.8 Å². The molecule has 0 N–H and O–H groups in total. The van der Waals surface area contributed by atoms with Crippen LogP contribution in [0.25, 0.3) is 10.8 Å². The Labute approximate surface area is 154 Å². The molecular formula is C21H29BrO2. The summed E-state index contributed by atoms with van der Waals surface area (Å²) in [6.07, 6.45) is 4.98. The van der Waals surface area contributed by atoms with Gasteiger partial charge in [0.15, 0.2) is 0 Å². The van der Waals surface area contributed by atoms with Crippen molar-refractivity contribution in [2.45, 2.75) is 46.5 Å². The summed E-state index contributed by atoms with van der Waals surface area (Å²) in [6, 6.07) is 10.5. The Hall–Kier alpha value is -1.22. The Balaban J connectivity index is 2.08. The number of rotatable bonds is 10. The van der Waals surface area contributed by atoms with Crippen LogP contribution < -0.4 is 9.47 Å². The second-order valence-corrected chi connectivity index (χ2v) is 7.13. The van der Waals surface area contributed by atoms with Crippen LogP contribution in [0.2, 0.25) is 0 Å². The highest BCUT2D eigenvalue weighted by Gasteiger charge is 2.09. The molecule has 0 aliphatic heterocycles. The minimum Gasteiger partial charge on any atom is -0.493 e. The first-order chi connectivity index (χ1) is 11.7. The number of aryl methyl sites for hydroxylation is 1. The van der Waals surface area contributed by atoms with Gasteiger partial charge in [-0.05, 0) is 53.8 Å². The lowest BCUT2D eigenvalue weighted by Crippen LogP contribution is -2.11. The maximum atomic E-state index is 6.06. The van der Waals surface area contributed by atoms with Gasteiger partial charge in [-0.25, -0.2) is 0 Å². The van der Waals surface area contributed by atoms with Crippen molar-refractivity contribution in [1.82, 2.24) is 0 Å². The lowest BCUT2D eigenvalue weighted by atomic mass is 10.0. The molecule has 0 aliphatic rings. The third-order valence-corrected chi connectivity index (χ3v) is 4.90. The molecule has 0 saturated heterocycles. The molecule has 2 rings (SSSR count). The monoisotopic (exact) mass is 392 g/mol. The van der Waals surface area contributed by atoms with Crippen LogP contribution in [-0.4, -0.2) is 18.5 Å². The Morgan fingerprint density at radius 2 is 1.92 bits per heavy atom. The number of alkyl halides is 1. The average molecular weight is 393 g/mol. The van der Waals surface area contributed by atoms with Crippen LogP contribution in [-0.2, 0) is 0 Å². The number of halogens is 1. The van der Waals surface area contributed by atoms with Crippen LogP contribution >= 0.6 is 15.9 Å². The first kappa shape index (κ1) is 19.1. The van der Waals surface area contributed by atoms with Crippen molar-refractivity contribution < 1.29 is 9.47 Å². The molecule has 0 aromatic heterocycles. The fourth-order valence-electron chi connectivity index (χ4n) is 2.95. The van der Waals surface area contributed by atoms with Crippen LogP contribution in [0.3, 0.4) is 0 Å². The van der Waals surface area contributed by atoms with Gasteiger partial charge in [0.25, 0.3) is 0 Å². The predicted molar refractivity (Wildman–Crippen MR) is 107 cm³/mol. The summed E-state index contributed by atoms with van der Waals surface area (Å²) in [7, 11) is 0. The fraction of sp³-hybridized carbons (Fsp3) is 0.524. The summed E-state index contributed by atoms with van der Waals surface area (Å²) in [5, 5.41) is 3.28. The van der Waals surface area contributed by atoms with E-state index in [1.165, 1.54) is 42.0 Å². The van der Waals surface area contributed by atoms with Gasteiger partial charge < -0.3 is 9.47 Å². The van der Waals surface area contributed by atoms with E-state index in [2.05, 4.69) is 67.0 Å². The number of hydrogen-bond acceptors (Lipinski definition) is 2. The molecule has 132 valence electrons. The molecule has 0 spiro atoms. The summed E-state index contributed by atoms with van der Waals surface area (Å²) >= 11 is 3.40. The maximum absolute atomic E-state index is 6.06. The predicted octanol–water partition coefficient (Wildman–Crippen LogP) is 6.52. The van der Waals surface area contributed by atoms with Gasteiger partial charge in [0.05, 0.1) is 13.2 Å². The van der Waals surface area contributed by atoms with E-state index in [4.69, 9.17) is 9.47 Å². The minimum atomic E-state index is 0.655. The maximum Gasteiger partial charge on any atom is 0.122 e. The zero-order valence-electron chi connectivity index (χ0n) is 15.1. The lowest BCUT2D eigenvalue weighted by Gasteiger charge is -2.16. The van der Waals surface area contributed by atoms with Crippen molar-refractivity contribution in [2.24, 2.45) is 5.92 Å². The van der Waals surface area contributed by atoms with Crippen LogP contribution in [0.5, 0.6) is 11.5 Å². The van der Waals surface area contributed by atoms with Gasteiger partial charge in [0.1, 0.15) is 11.5 Å². The summed E-state index contributed by atoms with van der Waals surface area (Å²) in [6.45, 7) is 8.11. The molecule has 2 nitrogen and oxygen atoms in total. The standard InChI is InChI=1S/C21H29BrO2/c1-4-6-7-17(5-2)15-24-19-9-10-20-16(3)21(23-13-12-22)11-8-18(20)14-19/h8-11,14,17H,4-7,12-13,15H2,1-3H3. The number of ether oxygens (including phenoxy) is 2. The highest BCUT2D eigenvalue weighted by Crippen LogP contribution is 2.30. The Morgan fingerprint density at radius 3 is 2.62 bits per heavy atom. The molecule has 24 heavy (non-hydrogen) atoms. The van der Waals surface area contributed by atoms with Crippen molar-refractivity contribution in [3.05, 3.63) is 35.9 Å². The number of benzene rings is 2. The van der Waals surface area contributed by atoms with E-state index in [0.717, 1.165) is 23.4 Å². The quantitative estimate of drug-likeness (QED) is 0.428. The summed E-state index contributed by atoms with van der Waals surface area (Å²) in [5.74, 6) is 2.58. The Bertz CT molecular complexity index is 639. The number of hydrogen-bond donors (Lipinski definition) is 0. The SMILES string of the molecule is CCCCC(CC)COc1ccc2c(C)c(OCCBr)ccc2c1. The Morgan fingerprint density at radius 1 is 1.08 bits per heavy atom. The van der Waals surface area contributed by atoms with E-state index < -0.39 is 0 Å². The van der Waals surface area contributed by atoms with E-state index in [1.54, 1.807) is 0 Å². The molecule has 0 amide bonds. The molecule has 2 aromatic carbocycles. The van der Waals surface area contributed by atoms with Crippen LogP contribution in [0.1, 0.15) is 45.1 Å². The van der Waals surface area contributed by atoms with E-state index in [-0.39, 0.29) is 0 Å². The third kappa shape index (κ3) is 5.14. The normalized spacial score (nSPS) is 12.3. The fourth-order valence-corrected chi connectivity index (χ4v) is 3.11. The van der Waals surface area contributed by atoms with Crippen molar-refractivity contribution in [2.75, 3.05) is 18.5 Å². The first-order valence-electron chi connectivity index (χ1n) is 9.04. The second kappa shape index (κ2) is 9.93. The van der Waals surface area contributed by atoms with Crippen LogP contribution in [0.15, 0.2) is 30.3 Å². The zero-order chi connectivity index (χ0) is 17.4. The van der Waals surface area contributed by atoms with Gasteiger partial charge in [0, 0.05) is 5.33 Å². The lowest BCUT2D eigenvalue weighted by molar-refractivity contribution is 0.233. The van der Waals surface area contributed by atoms with E-state index in [1.807, 2.05) is 0 Å². The molecule has 0 bridgehead atoms. The molecule has 0 heterocycles. The Kier molecular flexibility index (Phi) is 7.90.